The average Bonchev–Trinajstić information content (AvgIpc) is 3.41. The molecule has 1 saturated carbocycles. The molecule has 4 rings (SSSR count). The monoisotopic (exact) mass is 340 g/mol. The van der Waals surface area contributed by atoms with Gasteiger partial charge in [0.1, 0.15) is 0 Å². The number of anilines is 1. The Morgan fingerprint density at radius 3 is 2.62 bits per heavy atom. The van der Waals surface area contributed by atoms with Crippen molar-refractivity contribution in [2.24, 2.45) is 0 Å². The minimum Gasteiger partial charge on any atom is -0.337 e. The quantitative estimate of drug-likeness (QED) is 0.874. The van der Waals surface area contributed by atoms with Gasteiger partial charge in [-0.05, 0) is 55.0 Å². The van der Waals surface area contributed by atoms with E-state index in [9.17, 15) is 4.79 Å². The molecule has 124 valence electrons. The number of nitrogens with zero attached hydrogens (tertiary/aromatic N) is 1. The third-order valence-electron chi connectivity index (χ3n) is 5.24. The fourth-order valence-corrected chi connectivity index (χ4v) is 3.73. The summed E-state index contributed by atoms with van der Waals surface area (Å²) in [5.41, 5.74) is 3.68. The van der Waals surface area contributed by atoms with Crippen LogP contribution in [-0.2, 0) is 11.8 Å². The molecule has 1 aliphatic heterocycles. The first kappa shape index (κ1) is 15.5. The summed E-state index contributed by atoms with van der Waals surface area (Å²) in [6.45, 7) is 1.48. The molecule has 24 heavy (non-hydrogen) atoms. The summed E-state index contributed by atoms with van der Waals surface area (Å²) in [6, 6.07) is 16.2. The van der Waals surface area contributed by atoms with Crippen molar-refractivity contribution in [2.75, 3.05) is 18.0 Å². The topological polar surface area (TPSA) is 32.3 Å². The van der Waals surface area contributed by atoms with Crippen LogP contribution in [0.3, 0.4) is 0 Å². The Hall–Kier alpha value is -2.00. The van der Waals surface area contributed by atoms with Crippen LogP contribution >= 0.6 is 11.6 Å². The summed E-state index contributed by atoms with van der Waals surface area (Å²) < 4.78 is 0. The standard InChI is InChI=1S/C20H21ClN2O/c21-17-9-7-16(8-10-17)20(11-12-20)14-22-19(24)23-13-3-5-15-4-1-2-6-18(15)23/h1-2,4,6-10H,3,5,11-14H2,(H,22,24). The molecule has 4 heteroatoms. The van der Waals surface area contributed by atoms with Crippen LogP contribution in [0.4, 0.5) is 10.5 Å². The Morgan fingerprint density at radius 1 is 1.12 bits per heavy atom. The summed E-state index contributed by atoms with van der Waals surface area (Å²) in [5, 5.41) is 3.92. The lowest BCUT2D eigenvalue weighted by molar-refractivity contribution is 0.244. The predicted octanol–water partition coefficient (Wildman–Crippen LogP) is 4.53. The summed E-state index contributed by atoms with van der Waals surface area (Å²) >= 11 is 5.98. The summed E-state index contributed by atoms with van der Waals surface area (Å²) in [4.78, 5) is 14.6. The molecule has 2 aromatic rings. The van der Waals surface area contributed by atoms with Gasteiger partial charge in [0.05, 0.1) is 0 Å². The van der Waals surface area contributed by atoms with Gasteiger partial charge in [0, 0.05) is 29.2 Å². The van der Waals surface area contributed by atoms with Gasteiger partial charge in [0.25, 0.3) is 0 Å². The summed E-state index contributed by atoms with van der Waals surface area (Å²) in [5.74, 6) is 0. The number of rotatable bonds is 3. The fourth-order valence-electron chi connectivity index (χ4n) is 3.61. The van der Waals surface area contributed by atoms with E-state index in [1.54, 1.807) is 0 Å². The zero-order chi connectivity index (χ0) is 16.6. The Kier molecular flexibility index (Phi) is 3.97. The van der Waals surface area contributed by atoms with Crippen molar-refractivity contribution in [1.82, 2.24) is 5.32 Å². The molecule has 1 aliphatic carbocycles. The van der Waals surface area contributed by atoms with E-state index in [4.69, 9.17) is 11.6 Å². The number of aryl methyl sites for hydroxylation is 1. The lowest BCUT2D eigenvalue weighted by Gasteiger charge is -2.30. The van der Waals surface area contributed by atoms with Crippen LogP contribution in [0.1, 0.15) is 30.4 Å². The maximum Gasteiger partial charge on any atom is 0.321 e. The number of nitrogens with one attached hydrogen (secondary N) is 1. The lowest BCUT2D eigenvalue weighted by Crippen LogP contribution is -2.45. The molecule has 1 N–H and O–H groups in total. The summed E-state index contributed by atoms with van der Waals surface area (Å²) in [7, 11) is 0. The molecule has 0 atom stereocenters. The third kappa shape index (κ3) is 2.89. The Morgan fingerprint density at radius 2 is 1.88 bits per heavy atom. The van der Waals surface area contributed by atoms with Gasteiger partial charge in [0.15, 0.2) is 0 Å². The molecular formula is C20H21ClN2O. The van der Waals surface area contributed by atoms with Gasteiger partial charge in [-0.15, -0.1) is 0 Å². The Bertz CT molecular complexity index is 752. The SMILES string of the molecule is O=C(NCC1(c2ccc(Cl)cc2)CC1)N1CCCc2ccccc21. The van der Waals surface area contributed by atoms with Crippen LogP contribution in [0.2, 0.25) is 5.02 Å². The van der Waals surface area contributed by atoms with E-state index >= 15 is 0 Å². The van der Waals surface area contributed by atoms with Crippen molar-refractivity contribution in [2.45, 2.75) is 31.1 Å². The zero-order valence-electron chi connectivity index (χ0n) is 13.6. The number of halogens is 1. The van der Waals surface area contributed by atoms with Crippen molar-refractivity contribution in [3.8, 4) is 0 Å². The van der Waals surface area contributed by atoms with Crippen LogP contribution in [0.25, 0.3) is 0 Å². The van der Waals surface area contributed by atoms with E-state index in [0.717, 1.165) is 42.9 Å². The maximum absolute atomic E-state index is 12.7. The first-order chi connectivity index (χ1) is 11.7. The first-order valence-corrected chi connectivity index (χ1v) is 8.95. The van der Waals surface area contributed by atoms with Crippen molar-refractivity contribution in [3.63, 3.8) is 0 Å². The average molecular weight is 341 g/mol. The summed E-state index contributed by atoms with van der Waals surface area (Å²) in [6.07, 6.45) is 4.30. The number of benzene rings is 2. The molecule has 0 radical (unpaired) electrons. The highest BCUT2D eigenvalue weighted by molar-refractivity contribution is 6.30. The van der Waals surface area contributed by atoms with Gasteiger partial charge in [-0.3, -0.25) is 4.90 Å². The number of amides is 2. The minimum absolute atomic E-state index is 0.0161. The predicted molar refractivity (Wildman–Crippen MR) is 97.9 cm³/mol. The first-order valence-electron chi connectivity index (χ1n) is 8.57. The smallest absolute Gasteiger partial charge is 0.321 e. The second-order valence-corrected chi connectivity index (χ2v) is 7.27. The second-order valence-electron chi connectivity index (χ2n) is 6.83. The fraction of sp³-hybridized carbons (Fsp3) is 0.350. The number of carbonyl (C=O) groups is 1. The number of para-hydroxylation sites is 1. The van der Waals surface area contributed by atoms with Gasteiger partial charge < -0.3 is 5.32 Å². The van der Waals surface area contributed by atoms with E-state index in [-0.39, 0.29) is 11.4 Å². The van der Waals surface area contributed by atoms with Gasteiger partial charge in [-0.25, -0.2) is 4.79 Å². The molecule has 0 aromatic heterocycles. The van der Waals surface area contributed by atoms with Crippen molar-refractivity contribution in [3.05, 3.63) is 64.7 Å². The Labute approximate surface area is 147 Å². The Balaban J connectivity index is 1.45. The van der Waals surface area contributed by atoms with E-state index in [1.807, 2.05) is 35.2 Å². The molecule has 1 heterocycles. The normalized spacial score (nSPS) is 18.0. The van der Waals surface area contributed by atoms with Crippen LogP contribution in [-0.4, -0.2) is 19.1 Å². The van der Waals surface area contributed by atoms with Crippen LogP contribution in [0.15, 0.2) is 48.5 Å². The molecule has 2 aliphatic rings. The van der Waals surface area contributed by atoms with Gasteiger partial charge >= 0.3 is 6.03 Å². The van der Waals surface area contributed by atoms with E-state index in [1.165, 1.54) is 11.1 Å². The van der Waals surface area contributed by atoms with Crippen LogP contribution in [0.5, 0.6) is 0 Å². The highest BCUT2D eigenvalue weighted by Gasteiger charge is 2.44. The van der Waals surface area contributed by atoms with E-state index in [2.05, 4.69) is 23.5 Å². The van der Waals surface area contributed by atoms with Gasteiger partial charge in [-0.2, -0.15) is 0 Å². The molecule has 1 fully saturated rings. The van der Waals surface area contributed by atoms with Crippen molar-refractivity contribution < 1.29 is 4.79 Å². The van der Waals surface area contributed by atoms with E-state index in [0.29, 0.717) is 6.54 Å². The highest BCUT2D eigenvalue weighted by atomic mass is 35.5. The molecular weight excluding hydrogens is 320 g/mol. The largest absolute Gasteiger partial charge is 0.337 e. The highest BCUT2D eigenvalue weighted by Crippen LogP contribution is 2.47. The number of fused-ring (bicyclic) bond motifs is 1. The molecule has 0 bridgehead atoms. The third-order valence-corrected chi connectivity index (χ3v) is 5.50. The molecule has 0 unspecified atom stereocenters. The molecule has 0 saturated heterocycles. The van der Waals surface area contributed by atoms with Crippen molar-refractivity contribution in [1.29, 1.82) is 0 Å². The van der Waals surface area contributed by atoms with Crippen LogP contribution < -0.4 is 10.2 Å². The van der Waals surface area contributed by atoms with Crippen LogP contribution in [0, 0.1) is 0 Å². The minimum atomic E-state index is 0.0161. The van der Waals surface area contributed by atoms with Gasteiger partial charge in [-0.1, -0.05) is 41.9 Å². The number of hydrogen-bond acceptors (Lipinski definition) is 1. The lowest BCUT2D eigenvalue weighted by atomic mass is 9.96. The zero-order valence-corrected chi connectivity index (χ0v) is 14.4. The maximum atomic E-state index is 12.7. The molecule has 3 nitrogen and oxygen atoms in total. The van der Waals surface area contributed by atoms with Gasteiger partial charge in [0.2, 0.25) is 0 Å². The van der Waals surface area contributed by atoms with Crippen molar-refractivity contribution >= 4 is 23.3 Å². The molecule has 0 spiro atoms. The number of urea groups is 1. The molecule has 2 aromatic carbocycles. The number of carbonyl (C=O) groups excluding carboxylic acids is 1. The van der Waals surface area contributed by atoms with E-state index < -0.39 is 0 Å². The number of hydrogen-bond donors (Lipinski definition) is 1. The second kappa shape index (κ2) is 6.14. The molecule has 2 amide bonds.